The highest BCUT2D eigenvalue weighted by Gasteiger charge is 2.23. The summed E-state index contributed by atoms with van der Waals surface area (Å²) in [5, 5.41) is 12.1. The van der Waals surface area contributed by atoms with Gasteiger partial charge in [0.25, 0.3) is 0 Å². The zero-order chi connectivity index (χ0) is 20.9. The topological polar surface area (TPSA) is 81.0 Å². The van der Waals surface area contributed by atoms with E-state index in [-0.39, 0.29) is 5.69 Å². The molecule has 0 atom stereocenters. The van der Waals surface area contributed by atoms with Crippen LogP contribution >= 0.6 is 0 Å². The van der Waals surface area contributed by atoms with E-state index in [2.05, 4.69) is 62.4 Å². The van der Waals surface area contributed by atoms with Crippen LogP contribution < -0.4 is 10.2 Å². The molecule has 7 heteroatoms. The van der Waals surface area contributed by atoms with Crippen LogP contribution in [0.25, 0.3) is 11.1 Å². The second-order valence-electron chi connectivity index (χ2n) is 7.62. The number of aromatic nitrogens is 3. The maximum atomic E-state index is 8.90. The summed E-state index contributed by atoms with van der Waals surface area (Å²) >= 11 is 0. The van der Waals surface area contributed by atoms with Gasteiger partial charge >= 0.3 is 0 Å². The van der Waals surface area contributed by atoms with E-state index in [1.54, 1.807) is 6.20 Å². The number of piperidine rings is 1. The van der Waals surface area contributed by atoms with Crippen LogP contribution in [-0.2, 0) is 0 Å². The Morgan fingerprint density at radius 3 is 2.43 bits per heavy atom. The highest BCUT2D eigenvalue weighted by Crippen LogP contribution is 2.34. The molecule has 1 aliphatic rings. The maximum absolute atomic E-state index is 8.90. The SMILES string of the molecule is CN1CCC(N(C)c2cc(Nc3cnc(C#N)cn3)ncc2-c2ccccc2)CC1. The minimum atomic E-state index is 0.288. The van der Waals surface area contributed by atoms with Crippen molar-refractivity contribution in [1.82, 2.24) is 19.9 Å². The molecule has 1 aromatic carbocycles. The molecule has 0 bridgehead atoms. The summed E-state index contributed by atoms with van der Waals surface area (Å²) in [6.45, 7) is 2.21. The van der Waals surface area contributed by atoms with Gasteiger partial charge < -0.3 is 15.1 Å². The first-order valence-electron chi connectivity index (χ1n) is 10.1. The lowest BCUT2D eigenvalue weighted by Gasteiger charge is -2.37. The summed E-state index contributed by atoms with van der Waals surface area (Å²) in [4.78, 5) is 17.7. The molecular weight excluding hydrogens is 374 g/mol. The molecule has 1 fully saturated rings. The number of nitriles is 1. The van der Waals surface area contributed by atoms with Crippen LogP contribution in [0.2, 0.25) is 0 Å². The van der Waals surface area contributed by atoms with Gasteiger partial charge in [-0.05, 0) is 38.5 Å². The Morgan fingerprint density at radius 1 is 1.03 bits per heavy atom. The average molecular weight is 400 g/mol. The van der Waals surface area contributed by atoms with E-state index < -0.39 is 0 Å². The van der Waals surface area contributed by atoms with Crippen LogP contribution in [0, 0.1) is 11.3 Å². The van der Waals surface area contributed by atoms with E-state index in [1.165, 1.54) is 6.20 Å². The first-order chi connectivity index (χ1) is 14.6. The Bertz CT molecular complexity index is 1020. The molecule has 2 aromatic heterocycles. The lowest BCUT2D eigenvalue weighted by atomic mass is 10.0. The van der Waals surface area contributed by atoms with Gasteiger partial charge in [-0.2, -0.15) is 5.26 Å². The van der Waals surface area contributed by atoms with Crippen LogP contribution in [0.5, 0.6) is 0 Å². The van der Waals surface area contributed by atoms with Gasteiger partial charge in [-0.15, -0.1) is 0 Å². The first-order valence-corrected chi connectivity index (χ1v) is 10.1. The van der Waals surface area contributed by atoms with Crippen LogP contribution in [0.3, 0.4) is 0 Å². The van der Waals surface area contributed by atoms with Crippen molar-refractivity contribution in [1.29, 1.82) is 5.26 Å². The predicted molar refractivity (Wildman–Crippen MR) is 119 cm³/mol. The van der Waals surface area contributed by atoms with Crippen molar-refractivity contribution in [3.8, 4) is 17.2 Å². The fourth-order valence-electron chi connectivity index (χ4n) is 3.81. The van der Waals surface area contributed by atoms with E-state index in [0.717, 1.165) is 42.7 Å². The summed E-state index contributed by atoms with van der Waals surface area (Å²) < 4.78 is 0. The number of rotatable bonds is 5. The monoisotopic (exact) mass is 399 g/mol. The molecule has 0 spiro atoms. The van der Waals surface area contributed by atoms with Gasteiger partial charge in [-0.25, -0.2) is 15.0 Å². The number of hydrogen-bond donors (Lipinski definition) is 1. The Balaban J connectivity index is 1.66. The zero-order valence-electron chi connectivity index (χ0n) is 17.3. The second-order valence-corrected chi connectivity index (χ2v) is 7.62. The Hall–Kier alpha value is -3.50. The molecule has 0 unspecified atom stereocenters. The third kappa shape index (κ3) is 4.39. The largest absolute Gasteiger partial charge is 0.371 e. The molecule has 3 heterocycles. The van der Waals surface area contributed by atoms with Crippen LogP contribution in [0.15, 0.2) is 55.0 Å². The van der Waals surface area contributed by atoms with Crippen molar-refractivity contribution in [2.45, 2.75) is 18.9 Å². The van der Waals surface area contributed by atoms with Crippen molar-refractivity contribution in [2.75, 3.05) is 37.4 Å². The molecule has 1 aliphatic heterocycles. The molecule has 3 aromatic rings. The number of likely N-dealkylation sites (tertiary alicyclic amines) is 1. The third-order valence-electron chi connectivity index (χ3n) is 5.61. The lowest BCUT2D eigenvalue weighted by molar-refractivity contribution is 0.253. The van der Waals surface area contributed by atoms with Crippen LogP contribution in [-0.4, -0.2) is 53.1 Å². The number of anilines is 3. The van der Waals surface area contributed by atoms with E-state index >= 15 is 0 Å². The Morgan fingerprint density at radius 2 is 1.77 bits per heavy atom. The van der Waals surface area contributed by atoms with Gasteiger partial charge in [0.1, 0.15) is 17.7 Å². The van der Waals surface area contributed by atoms with E-state index in [9.17, 15) is 0 Å². The molecule has 0 radical (unpaired) electrons. The first kappa shape index (κ1) is 19.8. The van der Waals surface area contributed by atoms with Gasteiger partial charge in [0.2, 0.25) is 0 Å². The smallest absolute Gasteiger partial charge is 0.158 e. The van der Waals surface area contributed by atoms with Crippen molar-refractivity contribution in [3.05, 3.63) is 60.7 Å². The number of hydrogen-bond acceptors (Lipinski definition) is 7. The molecular formula is C23H25N7. The normalized spacial score (nSPS) is 14.8. The number of pyridine rings is 1. The number of benzene rings is 1. The summed E-state index contributed by atoms with van der Waals surface area (Å²) in [7, 11) is 4.35. The van der Waals surface area contributed by atoms with Crippen molar-refractivity contribution >= 4 is 17.3 Å². The maximum Gasteiger partial charge on any atom is 0.158 e. The van der Waals surface area contributed by atoms with Gasteiger partial charge in [0, 0.05) is 36.6 Å². The summed E-state index contributed by atoms with van der Waals surface area (Å²) in [6.07, 6.45) is 7.17. The molecule has 1 saturated heterocycles. The number of nitrogens with zero attached hydrogens (tertiary/aromatic N) is 6. The summed E-state index contributed by atoms with van der Waals surface area (Å²) in [6, 6.07) is 14.9. The minimum absolute atomic E-state index is 0.288. The Kier molecular flexibility index (Phi) is 5.87. The van der Waals surface area contributed by atoms with Crippen LogP contribution in [0.4, 0.5) is 17.3 Å². The Labute approximate surface area is 177 Å². The molecule has 30 heavy (non-hydrogen) atoms. The van der Waals surface area contributed by atoms with Crippen LogP contribution in [0.1, 0.15) is 18.5 Å². The van der Waals surface area contributed by atoms with Gasteiger partial charge in [0.05, 0.1) is 12.4 Å². The van der Waals surface area contributed by atoms with E-state index in [0.29, 0.717) is 17.7 Å². The predicted octanol–water partition coefficient (Wildman–Crippen LogP) is 3.68. The van der Waals surface area contributed by atoms with Gasteiger partial charge in [-0.1, -0.05) is 30.3 Å². The summed E-state index contributed by atoms with van der Waals surface area (Å²) in [5.41, 5.74) is 3.67. The molecule has 4 rings (SSSR count). The van der Waals surface area contributed by atoms with E-state index in [1.807, 2.05) is 30.5 Å². The highest BCUT2D eigenvalue weighted by molar-refractivity contribution is 5.80. The van der Waals surface area contributed by atoms with E-state index in [4.69, 9.17) is 5.26 Å². The van der Waals surface area contributed by atoms with Crippen molar-refractivity contribution in [2.24, 2.45) is 0 Å². The molecule has 0 aliphatic carbocycles. The third-order valence-corrected chi connectivity index (χ3v) is 5.61. The minimum Gasteiger partial charge on any atom is -0.371 e. The zero-order valence-corrected chi connectivity index (χ0v) is 17.3. The van der Waals surface area contributed by atoms with Crippen molar-refractivity contribution < 1.29 is 0 Å². The fraction of sp³-hybridized carbons (Fsp3) is 0.304. The number of nitrogens with one attached hydrogen (secondary N) is 1. The molecule has 7 nitrogen and oxygen atoms in total. The van der Waals surface area contributed by atoms with Crippen molar-refractivity contribution in [3.63, 3.8) is 0 Å². The molecule has 152 valence electrons. The molecule has 0 saturated carbocycles. The quantitative estimate of drug-likeness (QED) is 0.701. The van der Waals surface area contributed by atoms with Gasteiger partial charge in [-0.3, -0.25) is 0 Å². The standard InChI is InChI=1S/C23H25N7/c1-29-10-8-19(9-11-29)30(2)21-12-22(28-23-16-25-18(13-24)14-26-23)27-15-20(21)17-6-4-3-5-7-17/h3-7,12,14-16,19H,8-11H2,1-2H3,(H,26,27,28). The summed E-state index contributed by atoms with van der Waals surface area (Å²) in [5.74, 6) is 1.25. The highest BCUT2D eigenvalue weighted by atomic mass is 15.2. The molecule has 0 amide bonds. The second kappa shape index (κ2) is 8.89. The van der Waals surface area contributed by atoms with Gasteiger partial charge in [0.15, 0.2) is 5.69 Å². The lowest BCUT2D eigenvalue weighted by Crippen LogP contribution is -2.42. The molecule has 1 N–H and O–H groups in total. The fourth-order valence-corrected chi connectivity index (χ4v) is 3.81. The average Bonchev–Trinajstić information content (AvgIpc) is 2.80.